The van der Waals surface area contributed by atoms with Crippen LogP contribution in [-0.4, -0.2) is 14.6 Å². The van der Waals surface area contributed by atoms with Crippen molar-refractivity contribution in [2.75, 3.05) is 0 Å². The molecule has 0 radical (unpaired) electrons. The molecular weight excluding hydrogens is 202 g/mol. The van der Waals surface area contributed by atoms with Crippen LogP contribution in [0.15, 0.2) is 0 Å². The van der Waals surface area contributed by atoms with E-state index in [0.29, 0.717) is 7.85 Å². The first kappa shape index (κ1) is 13.6. The molecule has 0 amide bonds. The van der Waals surface area contributed by atoms with Crippen molar-refractivity contribution in [3.63, 3.8) is 0 Å². The monoisotopic (exact) mass is 233 g/mol. The van der Waals surface area contributed by atoms with Crippen LogP contribution in [0.5, 0.6) is 0 Å². The highest BCUT2D eigenvalue weighted by atomic mass is 14.4. The van der Waals surface area contributed by atoms with Gasteiger partial charge in [-0.25, -0.2) is 0 Å². The first-order valence-electron chi connectivity index (χ1n) is 7.66. The number of rotatable bonds is 5. The molecule has 1 aliphatic carbocycles. The van der Waals surface area contributed by atoms with Crippen molar-refractivity contribution in [3.05, 3.63) is 0 Å². The van der Waals surface area contributed by atoms with Gasteiger partial charge in [-0.05, 0) is 13.8 Å². The Labute approximate surface area is 110 Å². The van der Waals surface area contributed by atoms with E-state index in [1.165, 1.54) is 25.7 Å². The summed E-state index contributed by atoms with van der Waals surface area (Å²) in [7, 11) is 0.527. The molecule has 1 aliphatic heterocycles. The second-order valence-electron chi connectivity index (χ2n) is 6.25. The highest BCUT2D eigenvalue weighted by Crippen LogP contribution is 2.55. The second kappa shape index (κ2) is 5.85. The molecule has 1 saturated heterocycles. The smallest absolute Gasteiger partial charge is 0.109 e. The molecular formula is C15H31B2-. The summed E-state index contributed by atoms with van der Waals surface area (Å²) in [5.74, 6) is 2.24. The van der Waals surface area contributed by atoms with Crippen LogP contribution in [0, 0.1) is 11.8 Å². The molecule has 0 nitrogen and oxygen atoms in total. The molecule has 2 rings (SSSR count). The summed E-state index contributed by atoms with van der Waals surface area (Å²) in [5, 5.41) is 0.952. The summed E-state index contributed by atoms with van der Waals surface area (Å²) in [6, 6.07) is 0. The van der Waals surface area contributed by atoms with Gasteiger partial charge in [0.1, 0.15) is 6.71 Å². The van der Waals surface area contributed by atoms with Crippen molar-refractivity contribution in [2.24, 2.45) is 11.8 Å². The third kappa shape index (κ3) is 2.93. The van der Waals surface area contributed by atoms with Crippen LogP contribution in [0.3, 0.4) is 0 Å². The van der Waals surface area contributed by atoms with Gasteiger partial charge in [-0.1, -0.05) is 83.8 Å². The fourth-order valence-corrected chi connectivity index (χ4v) is 3.89. The Balaban J connectivity index is 1.88. The van der Waals surface area contributed by atoms with Crippen LogP contribution in [-0.2, 0) is 0 Å². The lowest BCUT2D eigenvalue weighted by atomic mass is 9.17. The third-order valence-electron chi connectivity index (χ3n) is 5.02. The third-order valence-corrected chi connectivity index (χ3v) is 5.02. The van der Waals surface area contributed by atoms with Gasteiger partial charge in [0.25, 0.3) is 0 Å². The van der Waals surface area contributed by atoms with Gasteiger partial charge in [0.15, 0.2) is 0 Å². The van der Waals surface area contributed by atoms with E-state index in [1.807, 2.05) is 0 Å². The normalized spacial score (nSPS) is 37.2. The summed E-state index contributed by atoms with van der Waals surface area (Å²) >= 11 is 0. The molecule has 2 fully saturated rings. The van der Waals surface area contributed by atoms with Crippen molar-refractivity contribution in [1.82, 2.24) is 0 Å². The summed E-state index contributed by atoms with van der Waals surface area (Å²) in [6.07, 6.45) is 15.5. The van der Waals surface area contributed by atoms with E-state index < -0.39 is 0 Å². The molecule has 1 heterocycles. The number of hydrogen-bond acceptors (Lipinski definition) is 0. The molecule has 3 atom stereocenters. The average Bonchev–Trinajstić information content (AvgIpc) is 2.32. The maximum atomic E-state index is 2.59. The van der Waals surface area contributed by atoms with E-state index >= 15 is 0 Å². The topological polar surface area (TPSA) is 0 Å². The lowest BCUT2D eigenvalue weighted by Gasteiger charge is -2.56. The first-order chi connectivity index (χ1) is 8.16. The van der Waals surface area contributed by atoms with Crippen LogP contribution >= 0.6 is 0 Å². The van der Waals surface area contributed by atoms with Crippen molar-refractivity contribution >= 4 is 14.6 Å². The van der Waals surface area contributed by atoms with Gasteiger partial charge in [0.2, 0.25) is 0 Å². The standard InChI is InChI=1S/C15H31B2/c1-3-4-5-6-10-17-11-9-14-8-7-13(2)15(17,16)12-14/h13-14H,3-12H2,1-2,16H3/q-1. The van der Waals surface area contributed by atoms with Crippen LogP contribution in [0.25, 0.3) is 0 Å². The highest BCUT2D eigenvalue weighted by molar-refractivity contribution is 6.70. The molecule has 0 N–H and O–H groups in total. The zero-order valence-electron chi connectivity index (χ0n) is 11.3. The SMILES string of the molecule is [BH3-]C12CC(CCB1CCCCCC)CCC2C. The lowest BCUT2D eigenvalue weighted by molar-refractivity contribution is 0.238. The Hall–Kier alpha value is 0.130. The van der Waals surface area contributed by atoms with Gasteiger partial charge >= 0.3 is 0 Å². The van der Waals surface area contributed by atoms with Gasteiger partial charge < -0.3 is 0 Å². The zero-order chi connectivity index (χ0) is 12.3. The Kier molecular flexibility index (Phi) is 4.66. The molecule has 2 aliphatic rings. The van der Waals surface area contributed by atoms with Crippen molar-refractivity contribution in [3.8, 4) is 0 Å². The van der Waals surface area contributed by atoms with E-state index in [-0.39, 0.29) is 0 Å². The summed E-state index contributed by atoms with van der Waals surface area (Å²) in [4.78, 5) is 0. The molecule has 2 bridgehead atoms. The highest BCUT2D eigenvalue weighted by Gasteiger charge is 2.43. The fourth-order valence-electron chi connectivity index (χ4n) is 3.89. The molecule has 3 unspecified atom stereocenters. The molecule has 98 valence electrons. The molecule has 0 aromatic carbocycles. The minimum absolute atomic E-state index is 0.527. The Morgan fingerprint density at radius 3 is 2.76 bits per heavy atom. The Morgan fingerprint density at radius 2 is 2.00 bits per heavy atom. The molecule has 17 heavy (non-hydrogen) atoms. The predicted molar refractivity (Wildman–Crippen MR) is 83.3 cm³/mol. The van der Waals surface area contributed by atoms with Crippen LogP contribution in [0.1, 0.15) is 65.2 Å². The van der Waals surface area contributed by atoms with Crippen molar-refractivity contribution in [2.45, 2.75) is 83.1 Å². The predicted octanol–water partition coefficient (Wildman–Crippen LogP) is 3.96. The number of fused-ring (bicyclic) bond motifs is 2. The Morgan fingerprint density at radius 1 is 1.18 bits per heavy atom. The van der Waals surface area contributed by atoms with Gasteiger partial charge in [-0.3, -0.25) is 0 Å². The minimum Gasteiger partial charge on any atom is -0.182 e. The Bertz CT molecular complexity index is 241. The van der Waals surface area contributed by atoms with Crippen LogP contribution in [0.4, 0.5) is 0 Å². The van der Waals surface area contributed by atoms with Crippen LogP contribution < -0.4 is 0 Å². The maximum Gasteiger partial charge on any atom is 0.109 e. The van der Waals surface area contributed by atoms with E-state index in [4.69, 9.17) is 0 Å². The van der Waals surface area contributed by atoms with Gasteiger partial charge in [-0.2, -0.15) is 5.21 Å². The van der Waals surface area contributed by atoms with E-state index in [0.717, 1.165) is 23.8 Å². The summed E-state index contributed by atoms with van der Waals surface area (Å²) in [6.45, 7) is 6.08. The average molecular weight is 233 g/mol. The maximum absolute atomic E-state index is 2.59. The van der Waals surface area contributed by atoms with Crippen molar-refractivity contribution < 1.29 is 0 Å². The van der Waals surface area contributed by atoms with Crippen LogP contribution in [0.2, 0.25) is 17.9 Å². The quantitative estimate of drug-likeness (QED) is 0.497. The van der Waals surface area contributed by atoms with Gasteiger partial charge in [0, 0.05) is 0 Å². The molecule has 0 spiro atoms. The minimum atomic E-state index is 0.527. The van der Waals surface area contributed by atoms with E-state index in [9.17, 15) is 0 Å². The zero-order valence-corrected chi connectivity index (χ0v) is 11.3. The fraction of sp³-hybridized carbons (Fsp3) is 1.00. The molecule has 1 saturated carbocycles. The molecule has 0 aromatic heterocycles. The lowest BCUT2D eigenvalue weighted by Crippen LogP contribution is -2.46. The van der Waals surface area contributed by atoms with Crippen molar-refractivity contribution in [1.29, 1.82) is 0 Å². The van der Waals surface area contributed by atoms with Gasteiger partial charge in [0.05, 0.1) is 0 Å². The first-order valence-corrected chi connectivity index (χ1v) is 7.66. The van der Waals surface area contributed by atoms with Gasteiger partial charge in [-0.15, -0.1) is 0 Å². The van der Waals surface area contributed by atoms with E-state index in [1.54, 1.807) is 38.3 Å². The number of unbranched alkanes of at least 4 members (excludes halogenated alkanes) is 3. The second-order valence-corrected chi connectivity index (χ2v) is 6.25. The summed E-state index contributed by atoms with van der Waals surface area (Å²) < 4.78 is 0. The number of hydrogen-bond donors (Lipinski definition) is 0. The molecule has 2 heteroatoms. The summed E-state index contributed by atoms with van der Waals surface area (Å²) in [5.41, 5.74) is 0. The largest absolute Gasteiger partial charge is 0.182 e. The molecule has 0 aromatic rings. The van der Waals surface area contributed by atoms with E-state index in [2.05, 4.69) is 13.8 Å².